The molecule has 0 saturated heterocycles. The summed E-state index contributed by atoms with van der Waals surface area (Å²) in [4.78, 5) is 21.2. The Morgan fingerprint density at radius 3 is 2.33 bits per heavy atom. The Morgan fingerprint density at radius 1 is 1.04 bits per heavy atom. The van der Waals surface area contributed by atoms with Gasteiger partial charge in [0.25, 0.3) is 0 Å². The summed E-state index contributed by atoms with van der Waals surface area (Å²) in [6.45, 7) is 4.47. The van der Waals surface area contributed by atoms with Crippen LogP contribution in [0.1, 0.15) is 19.4 Å². The van der Waals surface area contributed by atoms with E-state index >= 15 is 0 Å². The van der Waals surface area contributed by atoms with Crippen LogP contribution in [0.2, 0.25) is 0 Å². The van der Waals surface area contributed by atoms with Crippen molar-refractivity contribution in [1.82, 2.24) is 9.97 Å². The number of aryl methyl sites for hydroxylation is 1. The number of ether oxygens (including phenoxy) is 1. The van der Waals surface area contributed by atoms with E-state index in [1.807, 2.05) is 49.4 Å². The SMILES string of the molecule is CCc1ccc(Oc2ncnc(N(CC)c3ccccc3)c2[N+](=O)[O-])cc1. The summed E-state index contributed by atoms with van der Waals surface area (Å²) in [5, 5.41) is 11.8. The van der Waals surface area contributed by atoms with Crippen molar-refractivity contribution in [2.45, 2.75) is 20.3 Å². The molecule has 0 fully saturated rings. The van der Waals surface area contributed by atoms with E-state index in [2.05, 4.69) is 16.9 Å². The molecule has 0 unspecified atom stereocenters. The molecule has 1 aromatic heterocycles. The average molecular weight is 364 g/mol. The Labute approximate surface area is 157 Å². The number of hydrogen-bond acceptors (Lipinski definition) is 6. The first-order chi connectivity index (χ1) is 13.1. The molecule has 27 heavy (non-hydrogen) atoms. The monoisotopic (exact) mass is 364 g/mol. The van der Waals surface area contributed by atoms with Crippen molar-refractivity contribution in [3.05, 3.63) is 76.6 Å². The summed E-state index contributed by atoms with van der Waals surface area (Å²) in [5.41, 5.74) is 1.70. The van der Waals surface area contributed by atoms with Gasteiger partial charge in [-0.25, -0.2) is 4.98 Å². The Bertz CT molecular complexity index is 914. The highest BCUT2D eigenvalue weighted by atomic mass is 16.6. The second-order valence-corrected chi connectivity index (χ2v) is 5.79. The van der Waals surface area contributed by atoms with Crippen LogP contribution >= 0.6 is 0 Å². The van der Waals surface area contributed by atoms with E-state index in [-0.39, 0.29) is 17.4 Å². The third-order valence-electron chi connectivity index (χ3n) is 4.14. The molecule has 0 aliphatic rings. The van der Waals surface area contributed by atoms with Crippen LogP contribution in [-0.4, -0.2) is 21.4 Å². The Balaban J connectivity index is 2.02. The van der Waals surface area contributed by atoms with Gasteiger partial charge in [0.2, 0.25) is 5.82 Å². The second kappa shape index (κ2) is 8.27. The van der Waals surface area contributed by atoms with Gasteiger partial charge >= 0.3 is 11.6 Å². The van der Waals surface area contributed by atoms with Crippen LogP contribution in [0.4, 0.5) is 17.2 Å². The Hall–Kier alpha value is -3.48. The van der Waals surface area contributed by atoms with Crippen molar-refractivity contribution in [2.75, 3.05) is 11.4 Å². The maximum atomic E-state index is 11.8. The van der Waals surface area contributed by atoms with Crippen LogP contribution in [0.15, 0.2) is 60.9 Å². The topological polar surface area (TPSA) is 81.4 Å². The van der Waals surface area contributed by atoms with Crippen LogP contribution < -0.4 is 9.64 Å². The fourth-order valence-electron chi connectivity index (χ4n) is 2.75. The van der Waals surface area contributed by atoms with Gasteiger partial charge in [0.1, 0.15) is 12.1 Å². The van der Waals surface area contributed by atoms with Crippen LogP contribution in [0, 0.1) is 10.1 Å². The average Bonchev–Trinajstić information content (AvgIpc) is 2.70. The third-order valence-corrected chi connectivity index (χ3v) is 4.14. The third kappa shape index (κ3) is 4.03. The highest BCUT2D eigenvalue weighted by molar-refractivity contribution is 5.71. The summed E-state index contributed by atoms with van der Waals surface area (Å²) in [5.74, 6) is 0.607. The number of aromatic nitrogens is 2. The minimum absolute atomic E-state index is 0.0800. The Morgan fingerprint density at radius 2 is 1.74 bits per heavy atom. The van der Waals surface area contributed by atoms with Gasteiger partial charge in [0.05, 0.1) is 4.92 Å². The lowest BCUT2D eigenvalue weighted by atomic mass is 10.2. The lowest BCUT2D eigenvalue weighted by molar-refractivity contribution is -0.385. The summed E-state index contributed by atoms with van der Waals surface area (Å²) in [6, 6.07) is 16.8. The highest BCUT2D eigenvalue weighted by Crippen LogP contribution is 2.38. The number of nitrogens with zero attached hydrogens (tertiary/aromatic N) is 4. The van der Waals surface area contributed by atoms with Crippen LogP contribution in [0.25, 0.3) is 0 Å². The summed E-state index contributed by atoms with van der Waals surface area (Å²) in [6.07, 6.45) is 2.18. The first kappa shape index (κ1) is 18.3. The standard InChI is InChI=1S/C20H20N4O3/c1-3-15-10-12-17(13-11-15)27-20-18(24(25)26)19(21-14-22-20)23(4-2)16-8-6-5-7-9-16/h5-14H,3-4H2,1-2H3. The molecule has 7 nitrogen and oxygen atoms in total. The van der Waals surface area contributed by atoms with Gasteiger partial charge in [-0.15, -0.1) is 0 Å². The number of benzene rings is 2. The first-order valence-electron chi connectivity index (χ1n) is 8.72. The molecule has 0 bridgehead atoms. The van der Waals surface area contributed by atoms with E-state index in [9.17, 15) is 10.1 Å². The lowest BCUT2D eigenvalue weighted by Gasteiger charge is -2.21. The second-order valence-electron chi connectivity index (χ2n) is 5.79. The zero-order valence-corrected chi connectivity index (χ0v) is 15.2. The molecule has 0 spiro atoms. The maximum absolute atomic E-state index is 11.8. The van der Waals surface area contributed by atoms with E-state index in [1.54, 1.807) is 17.0 Å². The van der Waals surface area contributed by atoms with E-state index in [4.69, 9.17) is 4.74 Å². The lowest BCUT2D eigenvalue weighted by Crippen LogP contribution is -2.19. The van der Waals surface area contributed by atoms with Crippen molar-refractivity contribution in [3.63, 3.8) is 0 Å². The van der Waals surface area contributed by atoms with Gasteiger partial charge in [-0.05, 0) is 43.2 Å². The smallest absolute Gasteiger partial charge is 0.373 e. The molecule has 0 atom stereocenters. The fourth-order valence-corrected chi connectivity index (χ4v) is 2.75. The molecule has 0 saturated carbocycles. The number of anilines is 2. The molecule has 3 rings (SSSR count). The normalized spacial score (nSPS) is 10.4. The van der Waals surface area contributed by atoms with E-state index < -0.39 is 4.92 Å². The number of nitro groups is 1. The number of rotatable bonds is 7. The molecule has 2 aromatic carbocycles. The summed E-state index contributed by atoms with van der Waals surface area (Å²) < 4.78 is 5.72. The van der Waals surface area contributed by atoms with Crippen LogP contribution in [0.5, 0.6) is 11.6 Å². The zero-order chi connectivity index (χ0) is 19.2. The zero-order valence-electron chi connectivity index (χ0n) is 15.2. The molecule has 138 valence electrons. The Kier molecular flexibility index (Phi) is 5.61. The molecular formula is C20H20N4O3. The number of para-hydroxylation sites is 1. The number of hydrogen-bond donors (Lipinski definition) is 0. The molecular weight excluding hydrogens is 344 g/mol. The van der Waals surface area contributed by atoms with Gasteiger partial charge in [0.15, 0.2) is 0 Å². The van der Waals surface area contributed by atoms with Crippen LogP contribution in [0.3, 0.4) is 0 Å². The van der Waals surface area contributed by atoms with Crippen molar-refractivity contribution < 1.29 is 9.66 Å². The molecule has 0 aliphatic heterocycles. The fraction of sp³-hybridized carbons (Fsp3) is 0.200. The van der Waals surface area contributed by atoms with Gasteiger partial charge in [-0.2, -0.15) is 4.98 Å². The van der Waals surface area contributed by atoms with Crippen LogP contribution in [-0.2, 0) is 6.42 Å². The molecule has 0 radical (unpaired) electrons. The predicted octanol–water partition coefficient (Wildman–Crippen LogP) is 4.90. The molecule has 3 aromatic rings. The van der Waals surface area contributed by atoms with Gasteiger partial charge in [0, 0.05) is 12.2 Å². The first-order valence-corrected chi connectivity index (χ1v) is 8.72. The maximum Gasteiger partial charge on any atom is 0.373 e. The molecule has 7 heteroatoms. The van der Waals surface area contributed by atoms with Crippen molar-refractivity contribution in [3.8, 4) is 11.6 Å². The minimum atomic E-state index is -0.503. The van der Waals surface area contributed by atoms with Gasteiger partial charge < -0.3 is 9.64 Å². The molecule has 0 N–H and O–H groups in total. The van der Waals surface area contributed by atoms with E-state index in [1.165, 1.54) is 6.33 Å². The summed E-state index contributed by atoms with van der Waals surface area (Å²) >= 11 is 0. The van der Waals surface area contributed by atoms with Crippen molar-refractivity contribution >= 4 is 17.2 Å². The summed E-state index contributed by atoms with van der Waals surface area (Å²) in [7, 11) is 0. The largest absolute Gasteiger partial charge is 0.434 e. The van der Waals surface area contributed by atoms with E-state index in [0.29, 0.717) is 12.3 Å². The molecule has 1 heterocycles. The minimum Gasteiger partial charge on any atom is -0.434 e. The quantitative estimate of drug-likeness (QED) is 0.438. The molecule has 0 amide bonds. The highest BCUT2D eigenvalue weighted by Gasteiger charge is 2.29. The van der Waals surface area contributed by atoms with Gasteiger partial charge in [-0.3, -0.25) is 10.1 Å². The predicted molar refractivity (Wildman–Crippen MR) is 104 cm³/mol. The van der Waals surface area contributed by atoms with E-state index in [0.717, 1.165) is 17.7 Å². The molecule has 0 aliphatic carbocycles. The van der Waals surface area contributed by atoms with Gasteiger partial charge in [-0.1, -0.05) is 37.3 Å². The van der Waals surface area contributed by atoms with Crippen molar-refractivity contribution in [2.24, 2.45) is 0 Å². The van der Waals surface area contributed by atoms with Crippen molar-refractivity contribution in [1.29, 1.82) is 0 Å².